The van der Waals surface area contributed by atoms with E-state index in [0.29, 0.717) is 17.4 Å². The fourth-order valence-corrected chi connectivity index (χ4v) is 8.38. The number of phosphoric ester groups is 1. The van der Waals surface area contributed by atoms with Crippen LogP contribution in [0, 0.1) is 0 Å². The summed E-state index contributed by atoms with van der Waals surface area (Å²) in [6, 6.07) is -0.913. The number of carbonyl (C=O) groups excluding carboxylic acids is 1. The van der Waals surface area contributed by atoms with Gasteiger partial charge in [0.1, 0.15) is 13.2 Å². The zero-order valence-electron chi connectivity index (χ0n) is 46.8. The number of likely N-dealkylation sites (N-methyl/N-ethyl adjacent to an activating group) is 1. The number of allylic oxidation sites excluding steroid dienone is 19. The molecule has 0 heterocycles. The van der Waals surface area contributed by atoms with E-state index >= 15 is 0 Å². The minimum absolute atomic E-state index is 0.0129. The number of aliphatic hydroxyl groups excluding tert-OH is 1. The van der Waals surface area contributed by atoms with E-state index in [-0.39, 0.29) is 12.5 Å². The van der Waals surface area contributed by atoms with Crippen LogP contribution in [0.4, 0.5) is 0 Å². The summed E-state index contributed by atoms with van der Waals surface area (Å²) in [7, 11) is 1.23. The normalized spacial score (nSPS) is 14.8. The summed E-state index contributed by atoms with van der Waals surface area (Å²) >= 11 is 0. The largest absolute Gasteiger partial charge is 0.756 e. The number of aliphatic hydroxyl groups is 1. The first-order chi connectivity index (χ1) is 35.0. The molecule has 3 atom stereocenters. The third kappa shape index (κ3) is 54.7. The number of nitrogens with one attached hydrogen (secondary N) is 1. The van der Waals surface area contributed by atoms with Crippen LogP contribution in [0.1, 0.15) is 219 Å². The van der Waals surface area contributed by atoms with Crippen LogP contribution in [0.15, 0.2) is 122 Å². The molecule has 412 valence electrons. The highest BCUT2D eigenvalue weighted by Crippen LogP contribution is 2.38. The van der Waals surface area contributed by atoms with Gasteiger partial charge in [0, 0.05) is 6.42 Å². The molecule has 0 aromatic rings. The predicted octanol–water partition coefficient (Wildman–Crippen LogP) is 17.1. The average molecular weight is 1020 g/mol. The van der Waals surface area contributed by atoms with Gasteiger partial charge in [0.25, 0.3) is 7.82 Å². The van der Waals surface area contributed by atoms with E-state index in [9.17, 15) is 19.4 Å². The average Bonchev–Trinajstić information content (AvgIpc) is 3.34. The molecule has 0 saturated heterocycles. The number of quaternary nitrogens is 1. The third-order valence-corrected chi connectivity index (χ3v) is 13.1. The zero-order valence-corrected chi connectivity index (χ0v) is 47.7. The molecule has 8 nitrogen and oxygen atoms in total. The number of carbonyl (C=O) groups is 1. The van der Waals surface area contributed by atoms with E-state index < -0.39 is 26.6 Å². The van der Waals surface area contributed by atoms with Crippen molar-refractivity contribution in [2.75, 3.05) is 40.9 Å². The Morgan fingerprint density at radius 1 is 0.500 bits per heavy atom. The van der Waals surface area contributed by atoms with Gasteiger partial charge in [-0.05, 0) is 96.3 Å². The van der Waals surface area contributed by atoms with Crippen molar-refractivity contribution in [3.63, 3.8) is 0 Å². The summed E-state index contributed by atoms with van der Waals surface area (Å²) in [4.78, 5) is 25.5. The van der Waals surface area contributed by atoms with Gasteiger partial charge in [-0.1, -0.05) is 238 Å². The van der Waals surface area contributed by atoms with E-state index in [0.717, 1.165) is 96.3 Å². The van der Waals surface area contributed by atoms with Gasteiger partial charge in [-0.25, -0.2) is 0 Å². The summed E-state index contributed by atoms with van der Waals surface area (Å²) in [5, 5.41) is 13.8. The first-order valence-corrected chi connectivity index (χ1v) is 30.4. The van der Waals surface area contributed by atoms with Gasteiger partial charge in [-0.2, -0.15) is 0 Å². The molecule has 3 unspecified atom stereocenters. The van der Waals surface area contributed by atoms with Crippen LogP contribution in [0.3, 0.4) is 0 Å². The van der Waals surface area contributed by atoms with Crippen LogP contribution in [0.5, 0.6) is 0 Å². The Morgan fingerprint density at radius 2 is 0.861 bits per heavy atom. The number of unbranched alkanes of at least 4 members (excludes halogenated alkanes) is 20. The second-order valence-electron chi connectivity index (χ2n) is 20.3. The predicted molar refractivity (Wildman–Crippen MR) is 311 cm³/mol. The fraction of sp³-hybridized carbons (Fsp3) is 0.667. The molecule has 0 aromatic carbocycles. The molecule has 2 N–H and O–H groups in total. The van der Waals surface area contributed by atoms with Crippen LogP contribution >= 0.6 is 7.82 Å². The highest BCUT2D eigenvalue weighted by Gasteiger charge is 2.23. The van der Waals surface area contributed by atoms with Gasteiger partial charge in [0.05, 0.1) is 39.9 Å². The molecular weight excluding hydrogens is 912 g/mol. The minimum Gasteiger partial charge on any atom is -0.756 e. The van der Waals surface area contributed by atoms with Gasteiger partial charge in [0.2, 0.25) is 5.91 Å². The van der Waals surface area contributed by atoms with Crippen LogP contribution in [-0.2, 0) is 18.4 Å². The lowest BCUT2D eigenvalue weighted by atomic mass is 10.0. The summed E-state index contributed by atoms with van der Waals surface area (Å²) in [6.07, 6.45) is 78.5. The maximum atomic E-state index is 12.9. The highest BCUT2D eigenvalue weighted by atomic mass is 31.2. The Bertz CT molecular complexity index is 1580. The molecule has 0 aliphatic rings. The maximum Gasteiger partial charge on any atom is 0.268 e. The molecule has 0 aliphatic carbocycles. The van der Waals surface area contributed by atoms with Gasteiger partial charge < -0.3 is 28.8 Å². The van der Waals surface area contributed by atoms with Crippen LogP contribution in [0.25, 0.3) is 0 Å². The van der Waals surface area contributed by atoms with Crippen molar-refractivity contribution in [3.8, 4) is 0 Å². The first kappa shape index (κ1) is 68.9. The van der Waals surface area contributed by atoms with Gasteiger partial charge in [-0.15, -0.1) is 0 Å². The van der Waals surface area contributed by atoms with Crippen molar-refractivity contribution in [2.24, 2.45) is 0 Å². The van der Waals surface area contributed by atoms with Crippen molar-refractivity contribution in [2.45, 2.75) is 231 Å². The molecule has 0 aromatic heterocycles. The number of hydrogen-bond donors (Lipinski definition) is 2. The number of hydrogen-bond acceptors (Lipinski definition) is 6. The lowest BCUT2D eigenvalue weighted by Crippen LogP contribution is -2.45. The monoisotopic (exact) mass is 1020 g/mol. The summed E-state index contributed by atoms with van der Waals surface area (Å²) in [5.41, 5.74) is 0. The Morgan fingerprint density at radius 3 is 1.29 bits per heavy atom. The van der Waals surface area contributed by atoms with Gasteiger partial charge >= 0.3 is 0 Å². The second-order valence-corrected chi connectivity index (χ2v) is 21.7. The third-order valence-electron chi connectivity index (χ3n) is 12.2. The molecule has 0 fully saturated rings. The van der Waals surface area contributed by atoms with Crippen LogP contribution < -0.4 is 10.2 Å². The molecule has 0 aliphatic heterocycles. The van der Waals surface area contributed by atoms with Crippen LogP contribution in [-0.4, -0.2) is 68.5 Å². The quantitative estimate of drug-likeness (QED) is 0.0272. The lowest BCUT2D eigenvalue weighted by Gasteiger charge is -2.29. The van der Waals surface area contributed by atoms with Gasteiger partial charge in [0.15, 0.2) is 0 Å². The summed E-state index contributed by atoms with van der Waals surface area (Å²) < 4.78 is 23.3. The minimum atomic E-state index is -4.61. The topological polar surface area (TPSA) is 108 Å². The van der Waals surface area contributed by atoms with Crippen molar-refractivity contribution >= 4 is 13.7 Å². The van der Waals surface area contributed by atoms with E-state index in [1.807, 2.05) is 27.2 Å². The Kier molecular flexibility index (Phi) is 50.5. The first-order valence-electron chi connectivity index (χ1n) is 28.9. The summed E-state index contributed by atoms with van der Waals surface area (Å²) in [5.74, 6) is -0.217. The molecule has 0 radical (unpaired) electrons. The van der Waals surface area contributed by atoms with Crippen LogP contribution in [0.2, 0.25) is 0 Å². The number of nitrogens with zero attached hydrogens (tertiary/aromatic N) is 1. The van der Waals surface area contributed by atoms with Crippen molar-refractivity contribution < 1.29 is 32.9 Å². The molecule has 0 spiro atoms. The van der Waals surface area contributed by atoms with Crippen molar-refractivity contribution in [1.29, 1.82) is 0 Å². The molecule has 1 amide bonds. The standard InChI is InChI=1S/C63H109N2O6P/c1-6-8-10-12-14-16-18-20-22-23-24-25-26-27-28-29-30-31-32-33-34-35-36-37-38-39-40-41-43-45-47-49-51-53-55-57-63(67)64-61(60-71-72(68,69)70-59-58-65(3,4)5)62(66)56-54-52-50-48-46-44-42-21-19-17-15-13-11-9-7-2/h8,10,14,16,20,22,24-25,27-28,30-31,33-34,36-37,46,48,54,56,61-62,66H,6-7,9,11-13,15,17-19,21,23,26,29,32,35,38-45,47,49-53,55,57-60H2,1-5H3,(H-,64,67,68,69)/b10-8-,16-14-,22-20-,25-24-,28-27-,31-30-,34-33-,37-36-,48-46+,56-54+. The van der Waals surface area contributed by atoms with E-state index in [2.05, 4.69) is 129 Å². The van der Waals surface area contributed by atoms with E-state index in [4.69, 9.17) is 9.05 Å². The molecule has 0 rings (SSSR count). The number of rotatable bonds is 51. The smallest absolute Gasteiger partial charge is 0.268 e. The molecule has 0 bridgehead atoms. The van der Waals surface area contributed by atoms with E-state index in [1.54, 1.807) is 6.08 Å². The lowest BCUT2D eigenvalue weighted by molar-refractivity contribution is -0.870. The van der Waals surface area contributed by atoms with Gasteiger partial charge in [-0.3, -0.25) is 9.36 Å². The Labute approximate surface area is 444 Å². The number of phosphoric acid groups is 1. The fourth-order valence-electron chi connectivity index (χ4n) is 7.65. The Balaban J connectivity index is 4.19. The molecule has 9 heteroatoms. The number of amides is 1. The maximum absolute atomic E-state index is 12.9. The molecular formula is C63H109N2O6P. The van der Waals surface area contributed by atoms with Crippen molar-refractivity contribution in [3.05, 3.63) is 122 Å². The second kappa shape index (κ2) is 52.8. The Hall–Kier alpha value is -3.10. The SMILES string of the molecule is CC/C=C\C/C=C\C/C=C\C/C=C\C/C=C\C/C=C\C/C=C\C/C=C\CCCCCCCCCCCCC(=O)NC(COP(=O)([O-])OCC[N+](C)(C)C)C(O)/C=C/CC/C=C/CCCCCCCCCCC. The molecule has 0 saturated carbocycles. The molecule has 72 heavy (non-hydrogen) atoms. The highest BCUT2D eigenvalue weighted by molar-refractivity contribution is 7.45. The van der Waals surface area contributed by atoms with Crippen molar-refractivity contribution in [1.82, 2.24) is 5.32 Å². The summed E-state index contributed by atoms with van der Waals surface area (Å²) in [6.45, 7) is 4.49. The van der Waals surface area contributed by atoms with E-state index in [1.165, 1.54) is 103 Å². The zero-order chi connectivity index (χ0) is 52.7.